The molecular weight excluding hydrogens is 772 g/mol. The van der Waals surface area contributed by atoms with Crippen LogP contribution in [-0.2, 0) is 23.2 Å². The summed E-state index contributed by atoms with van der Waals surface area (Å²) in [5.74, 6) is -3.45. The zero-order chi connectivity index (χ0) is 41.7. The SMILES string of the molecule is CCC(CCN(C)C)C(=O)N1CCN(C(=O)c2ccc(NC(=O)c3ncc(-c4ccc(-c5cnn(CC(=O)Nc6cccnn6)c5C)c(F)c4F)n3C)cc2Cl)CC1. The predicted octanol–water partition coefficient (Wildman–Crippen LogP) is 5.13. The summed E-state index contributed by atoms with van der Waals surface area (Å²) in [6.45, 7) is 5.88. The Kier molecular flexibility index (Phi) is 12.9. The maximum absolute atomic E-state index is 15.7. The van der Waals surface area contributed by atoms with Gasteiger partial charge in [0.2, 0.25) is 11.8 Å². The van der Waals surface area contributed by atoms with Gasteiger partial charge in [0.1, 0.15) is 6.54 Å². The molecule has 0 spiro atoms. The van der Waals surface area contributed by atoms with E-state index in [0.717, 1.165) is 19.4 Å². The monoisotopic (exact) mass is 815 g/mol. The lowest BCUT2D eigenvalue weighted by atomic mass is 10.00. The minimum Gasteiger partial charge on any atom is -0.339 e. The van der Waals surface area contributed by atoms with Gasteiger partial charge in [0.25, 0.3) is 11.8 Å². The molecule has 1 unspecified atom stereocenters. The van der Waals surface area contributed by atoms with Gasteiger partial charge < -0.3 is 29.9 Å². The van der Waals surface area contributed by atoms with Crippen molar-refractivity contribution in [2.24, 2.45) is 13.0 Å². The maximum Gasteiger partial charge on any atom is 0.291 e. The maximum atomic E-state index is 15.7. The lowest BCUT2D eigenvalue weighted by Gasteiger charge is -2.36. The fourth-order valence-corrected chi connectivity index (χ4v) is 7.07. The van der Waals surface area contributed by atoms with Crippen molar-refractivity contribution in [2.75, 3.05) is 57.5 Å². The first kappa shape index (κ1) is 41.6. The number of nitrogens with one attached hydrogen (secondary N) is 2. The van der Waals surface area contributed by atoms with E-state index in [-0.39, 0.29) is 68.9 Å². The zero-order valence-electron chi connectivity index (χ0n) is 32.8. The van der Waals surface area contributed by atoms with Crippen LogP contribution in [-0.4, -0.2) is 115 Å². The highest BCUT2D eigenvalue weighted by molar-refractivity contribution is 6.34. The highest BCUT2D eigenvalue weighted by Crippen LogP contribution is 2.33. The summed E-state index contributed by atoms with van der Waals surface area (Å²) in [6.07, 6.45) is 5.62. The number of anilines is 2. The van der Waals surface area contributed by atoms with Gasteiger partial charge in [-0.3, -0.25) is 23.9 Å². The molecule has 3 aromatic heterocycles. The fourth-order valence-electron chi connectivity index (χ4n) is 6.81. The number of rotatable bonds is 13. The van der Waals surface area contributed by atoms with Crippen LogP contribution in [0.5, 0.6) is 0 Å². The number of benzene rings is 2. The van der Waals surface area contributed by atoms with Crippen LogP contribution in [0, 0.1) is 24.5 Å². The van der Waals surface area contributed by atoms with Gasteiger partial charge in [-0.15, -0.1) is 5.10 Å². The van der Waals surface area contributed by atoms with Crippen molar-refractivity contribution in [1.82, 2.24) is 44.2 Å². The molecule has 0 bridgehead atoms. The quantitative estimate of drug-likeness (QED) is 0.164. The number of aromatic nitrogens is 6. The molecule has 6 rings (SSSR count). The van der Waals surface area contributed by atoms with E-state index in [0.29, 0.717) is 37.6 Å². The first-order chi connectivity index (χ1) is 27.8. The van der Waals surface area contributed by atoms with Crippen molar-refractivity contribution in [3.8, 4) is 22.4 Å². The van der Waals surface area contributed by atoms with E-state index < -0.39 is 23.4 Å². The smallest absolute Gasteiger partial charge is 0.291 e. The molecular formula is C40H44ClF2N11O4. The number of nitrogens with zero attached hydrogens (tertiary/aromatic N) is 9. The van der Waals surface area contributed by atoms with E-state index >= 15 is 8.78 Å². The van der Waals surface area contributed by atoms with Gasteiger partial charge in [-0.25, -0.2) is 13.8 Å². The second-order valence-electron chi connectivity index (χ2n) is 14.2. The Morgan fingerprint density at radius 2 is 1.64 bits per heavy atom. The molecule has 4 heterocycles. The lowest BCUT2D eigenvalue weighted by Crippen LogP contribution is -2.52. The Balaban J connectivity index is 1.08. The van der Waals surface area contributed by atoms with Crippen LogP contribution < -0.4 is 10.6 Å². The standard InChI is InChI=1S/C40H44ClF2N11O4/c1-6-25(13-15-50(3)4)39(57)52-16-18-53(19-17-52)40(58)28-10-9-26(20-31(28)41)47-38(56)37-44-22-32(51(37)5)29-12-11-27(35(42)36(29)43)30-21-46-54(24(30)2)23-34(55)48-33-8-7-14-45-49-33/h7-12,14,20-22,25H,6,13,15-19,23H2,1-5H3,(H,47,56)(H,48,49,55). The molecule has 1 fully saturated rings. The number of hydrogen-bond acceptors (Lipinski definition) is 9. The third-order valence-corrected chi connectivity index (χ3v) is 10.5. The number of hydrogen-bond donors (Lipinski definition) is 2. The summed E-state index contributed by atoms with van der Waals surface area (Å²) >= 11 is 6.55. The first-order valence-corrected chi connectivity index (χ1v) is 19.1. The third-order valence-electron chi connectivity index (χ3n) is 10.2. The molecule has 58 heavy (non-hydrogen) atoms. The number of carbonyl (C=O) groups is 4. The van der Waals surface area contributed by atoms with Gasteiger partial charge in [-0.1, -0.05) is 24.6 Å². The Bertz CT molecular complexity index is 2320. The number of carbonyl (C=O) groups excluding carboxylic acids is 4. The van der Waals surface area contributed by atoms with Crippen molar-refractivity contribution >= 4 is 46.7 Å². The predicted molar refractivity (Wildman–Crippen MR) is 214 cm³/mol. The summed E-state index contributed by atoms with van der Waals surface area (Å²) in [5.41, 5.74) is 1.21. The molecule has 0 radical (unpaired) electrons. The summed E-state index contributed by atoms with van der Waals surface area (Å²) in [6, 6.07) is 10.5. The topological polar surface area (TPSA) is 163 Å². The van der Waals surface area contributed by atoms with Crippen LogP contribution in [0.2, 0.25) is 5.02 Å². The van der Waals surface area contributed by atoms with E-state index in [2.05, 4.69) is 35.8 Å². The van der Waals surface area contributed by atoms with Gasteiger partial charge in [-0.05, 0) is 76.8 Å². The summed E-state index contributed by atoms with van der Waals surface area (Å²) in [5, 5.41) is 17.1. The third kappa shape index (κ3) is 9.05. The van der Waals surface area contributed by atoms with E-state index in [1.807, 2.05) is 25.9 Å². The highest BCUT2D eigenvalue weighted by Gasteiger charge is 2.30. The molecule has 18 heteroatoms. The van der Waals surface area contributed by atoms with Crippen LogP contribution in [0.3, 0.4) is 0 Å². The Morgan fingerprint density at radius 3 is 2.31 bits per heavy atom. The molecule has 1 atom stereocenters. The zero-order valence-corrected chi connectivity index (χ0v) is 33.6. The number of imidazole rings is 1. The lowest BCUT2D eigenvalue weighted by molar-refractivity contribution is -0.137. The van der Waals surface area contributed by atoms with E-state index in [1.165, 1.54) is 59.2 Å². The summed E-state index contributed by atoms with van der Waals surface area (Å²) < 4.78 is 34.1. The number of halogens is 3. The van der Waals surface area contributed by atoms with E-state index in [4.69, 9.17) is 11.6 Å². The average molecular weight is 816 g/mol. The largest absolute Gasteiger partial charge is 0.339 e. The van der Waals surface area contributed by atoms with Gasteiger partial charge in [0.15, 0.2) is 23.3 Å². The molecule has 1 aliphatic rings. The molecule has 1 saturated heterocycles. The van der Waals surface area contributed by atoms with Gasteiger partial charge in [0.05, 0.1) is 28.7 Å². The van der Waals surface area contributed by atoms with Crippen molar-refractivity contribution < 1.29 is 28.0 Å². The molecule has 15 nitrogen and oxygen atoms in total. The first-order valence-electron chi connectivity index (χ1n) is 18.7. The van der Waals surface area contributed by atoms with Crippen molar-refractivity contribution in [3.63, 3.8) is 0 Å². The van der Waals surface area contributed by atoms with Crippen LogP contribution in [0.4, 0.5) is 20.3 Å². The van der Waals surface area contributed by atoms with Crippen molar-refractivity contribution in [3.05, 3.63) is 94.8 Å². The number of amides is 4. The van der Waals surface area contributed by atoms with Crippen LogP contribution in [0.15, 0.2) is 61.1 Å². The molecule has 4 amide bonds. The summed E-state index contributed by atoms with van der Waals surface area (Å²) in [7, 11) is 5.46. The minimum atomic E-state index is -1.16. The van der Waals surface area contributed by atoms with Crippen molar-refractivity contribution in [2.45, 2.75) is 33.2 Å². The molecule has 0 saturated carbocycles. The van der Waals surface area contributed by atoms with E-state index in [9.17, 15) is 19.2 Å². The van der Waals surface area contributed by atoms with Crippen LogP contribution in [0.1, 0.15) is 46.4 Å². The normalized spacial score (nSPS) is 13.5. The molecule has 2 aromatic carbocycles. The van der Waals surface area contributed by atoms with Gasteiger partial charge in [0, 0.05) is 73.4 Å². The van der Waals surface area contributed by atoms with Crippen LogP contribution in [0.25, 0.3) is 22.4 Å². The highest BCUT2D eigenvalue weighted by atomic mass is 35.5. The average Bonchev–Trinajstić information content (AvgIpc) is 3.77. The minimum absolute atomic E-state index is 0.0610. The second-order valence-corrected chi connectivity index (χ2v) is 14.6. The van der Waals surface area contributed by atoms with E-state index in [1.54, 1.807) is 30.0 Å². The Hall–Kier alpha value is -6.07. The second kappa shape index (κ2) is 18.0. The van der Waals surface area contributed by atoms with Crippen molar-refractivity contribution in [1.29, 1.82) is 0 Å². The molecule has 1 aliphatic heterocycles. The van der Waals surface area contributed by atoms with Gasteiger partial charge in [-0.2, -0.15) is 10.2 Å². The Morgan fingerprint density at radius 1 is 0.931 bits per heavy atom. The molecule has 2 N–H and O–H groups in total. The molecule has 5 aromatic rings. The summed E-state index contributed by atoms with van der Waals surface area (Å²) in [4.78, 5) is 62.1. The molecule has 0 aliphatic carbocycles. The van der Waals surface area contributed by atoms with Gasteiger partial charge >= 0.3 is 0 Å². The van der Waals surface area contributed by atoms with Crippen LogP contribution >= 0.6 is 11.6 Å². The molecule has 304 valence electrons. The Labute approximate surface area is 339 Å². The number of piperazine rings is 1. The fraction of sp³-hybridized carbons (Fsp3) is 0.350.